The van der Waals surface area contributed by atoms with Crippen LogP contribution in [-0.2, 0) is 12.8 Å². The van der Waals surface area contributed by atoms with Crippen LogP contribution < -0.4 is 9.47 Å². The molecule has 5 nitrogen and oxygen atoms in total. The van der Waals surface area contributed by atoms with Crippen molar-refractivity contribution in [2.75, 3.05) is 7.11 Å². The minimum atomic E-state index is 0.482. The van der Waals surface area contributed by atoms with Gasteiger partial charge in [0.05, 0.1) is 18.4 Å². The molecule has 0 saturated heterocycles. The van der Waals surface area contributed by atoms with Crippen LogP contribution in [0.4, 0.5) is 0 Å². The van der Waals surface area contributed by atoms with Gasteiger partial charge in [0.25, 0.3) is 0 Å². The van der Waals surface area contributed by atoms with E-state index in [9.17, 15) is 0 Å². The van der Waals surface area contributed by atoms with Crippen molar-refractivity contribution in [1.29, 1.82) is 5.26 Å². The summed E-state index contributed by atoms with van der Waals surface area (Å²) < 4.78 is 11.2. The third kappa shape index (κ3) is 2.73. The average Bonchev–Trinajstić information content (AvgIpc) is 2.54. The van der Waals surface area contributed by atoms with E-state index in [0.717, 1.165) is 42.8 Å². The maximum atomic E-state index is 9.03. The number of nitrogens with zero attached hydrogens (tertiary/aromatic N) is 3. The summed E-state index contributed by atoms with van der Waals surface area (Å²) in [5, 5.41) is 9.03. The zero-order chi connectivity index (χ0) is 15.5. The van der Waals surface area contributed by atoms with Gasteiger partial charge in [-0.25, -0.2) is 4.98 Å². The number of fused-ring (bicyclic) bond motifs is 1. The Morgan fingerprint density at radius 3 is 2.77 bits per heavy atom. The van der Waals surface area contributed by atoms with Crippen LogP contribution in [0.5, 0.6) is 17.4 Å². The van der Waals surface area contributed by atoms with E-state index in [1.165, 1.54) is 7.11 Å². The van der Waals surface area contributed by atoms with E-state index < -0.39 is 0 Å². The van der Waals surface area contributed by atoms with Crippen LogP contribution in [0.1, 0.15) is 35.5 Å². The Kier molecular flexibility index (Phi) is 3.92. The molecule has 0 atom stereocenters. The molecule has 22 heavy (non-hydrogen) atoms. The van der Waals surface area contributed by atoms with Gasteiger partial charge in [-0.1, -0.05) is 0 Å². The highest BCUT2D eigenvalue weighted by Crippen LogP contribution is 2.32. The van der Waals surface area contributed by atoms with Crippen LogP contribution in [0.2, 0.25) is 0 Å². The third-order valence-electron chi connectivity index (χ3n) is 3.76. The smallest absolute Gasteiger partial charge is 0.225 e. The highest BCUT2D eigenvalue weighted by molar-refractivity contribution is 5.48. The molecule has 1 aliphatic rings. The summed E-state index contributed by atoms with van der Waals surface area (Å²) >= 11 is 0. The van der Waals surface area contributed by atoms with Crippen molar-refractivity contribution >= 4 is 0 Å². The molecule has 0 spiro atoms. The Bertz CT molecular complexity index is 750. The molecule has 0 amide bonds. The molecule has 0 aliphatic heterocycles. The van der Waals surface area contributed by atoms with Crippen molar-refractivity contribution in [2.45, 2.75) is 32.6 Å². The number of ether oxygens (including phenoxy) is 2. The van der Waals surface area contributed by atoms with Crippen molar-refractivity contribution in [2.24, 2.45) is 0 Å². The number of hydrogen-bond acceptors (Lipinski definition) is 5. The number of hydrogen-bond donors (Lipinski definition) is 0. The van der Waals surface area contributed by atoms with E-state index in [1.54, 1.807) is 18.2 Å². The minimum absolute atomic E-state index is 0.482. The summed E-state index contributed by atoms with van der Waals surface area (Å²) in [5.41, 5.74) is 2.67. The lowest BCUT2D eigenvalue weighted by Gasteiger charge is -2.18. The van der Waals surface area contributed by atoms with Gasteiger partial charge in [0, 0.05) is 11.6 Å². The van der Waals surface area contributed by atoms with Gasteiger partial charge in [0.15, 0.2) is 0 Å². The van der Waals surface area contributed by atoms with Crippen LogP contribution in [0.15, 0.2) is 18.2 Å². The highest BCUT2D eigenvalue weighted by atomic mass is 16.5. The van der Waals surface area contributed by atoms with Crippen molar-refractivity contribution in [1.82, 2.24) is 9.97 Å². The van der Waals surface area contributed by atoms with Gasteiger partial charge in [0.2, 0.25) is 5.88 Å². The Labute approximate surface area is 129 Å². The molecule has 0 unspecified atom stereocenters. The quantitative estimate of drug-likeness (QED) is 0.868. The predicted octanol–water partition coefficient (Wildman–Crippen LogP) is 3.34. The molecule has 0 N–H and O–H groups in total. The first-order chi connectivity index (χ1) is 10.7. The summed E-state index contributed by atoms with van der Waals surface area (Å²) in [6.45, 7) is 1.88. The Balaban J connectivity index is 1.97. The molecule has 1 heterocycles. The molecule has 5 heteroatoms. The van der Waals surface area contributed by atoms with Gasteiger partial charge < -0.3 is 9.47 Å². The van der Waals surface area contributed by atoms with Crippen molar-refractivity contribution < 1.29 is 9.47 Å². The molecule has 0 bridgehead atoms. The molecule has 0 radical (unpaired) electrons. The van der Waals surface area contributed by atoms with Gasteiger partial charge in [-0.2, -0.15) is 10.2 Å². The molecule has 1 aliphatic carbocycles. The molecule has 3 rings (SSSR count). The Hall–Kier alpha value is -2.61. The van der Waals surface area contributed by atoms with Crippen LogP contribution in [0.3, 0.4) is 0 Å². The second-order valence-corrected chi connectivity index (χ2v) is 5.28. The lowest BCUT2D eigenvalue weighted by molar-refractivity contribution is 0.404. The van der Waals surface area contributed by atoms with Crippen LogP contribution in [0.25, 0.3) is 0 Å². The number of methoxy groups -OCH3 is 1. The Morgan fingerprint density at radius 1 is 1.18 bits per heavy atom. The zero-order valence-corrected chi connectivity index (χ0v) is 12.7. The molecular weight excluding hydrogens is 278 g/mol. The van der Waals surface area contributed by atoms with Crippen molar-refractivity contribution in [3.8, 4) is 23.4 Å². The summed E-state index contributed by atoms with van der Waals surface area (Å²) in [6.07, 6.45) is 4.21. The maximum absolute atomic E-state index is 9.03. The minimum Gasteiger partial charge on any atom is -0.495 e. The number of benzene rings is 1. The highest BCUT2D eigenvalue weighted by Gasteiger charge is 2.18. The van der Waals surface area contributed by atoms with Gasteiger partial charge in [0.1, 0.15) is 23.4 Å². The molecule has 1 aromatic heterocycles. The summed E-state index contributed by atoms with van der Waals surface area (Å²) in [4.78, 5) is 8.96. The van der Waals surface area contributed by atoms with Crippen LogP contribution in [-0.4, -0.2) is 17.1 Å². The fourth-order valence-electron chi connectivity index (χ4n) is 2.70. The largest absolute Gasteiger partial charge is 0.495 e. The third-order valence-corrected chi connectivity index (χ3v) is 3.76. The van der Waals surface area contributed by atoms with E-state index >= 15 is 0 Å². The molecule has 0 fully saturated rings. The second kappa shape index (κ2) is 6.02. The van der Waals surface area contributed by atoms with Crippen LogP contribution in [0, 0.1) is 18.3 Å². The monoisotopic (exact) mass is 295 g/mol. The number of aryl methyl sites for hydroxylation is 2. The lowest BCUT2D eigenvalue weighted by Crippen LogP contribution is -2.10. The summed E-state index contributed by atoms with van der Waals surface area (Å²) in [7, 11) is 1.54. The van der Waals surface area contributed by atoms with Crippen molar-refractivity contribution in [3.05, 3.63) is 40.8 Å². The van der Waals surface area contributed by atoms with E-state index in [1.807, 2.05) is 6.92 Å². The number of rotatable bonds is 3. The SMILES string of the molecule is COc1cc(Oc2nc(C)nc3c2CCCC3)ccc1C#N. The molecule has 0 saturated carbocycles. The molecular formula is C17H17N3O2. The van der Waals surface area contributed by atoms with Crippen LogP contribution >= 0.6 is 0 Å². The topological polar surface area (TPSA) is 68.0 Å². The van der Waals surface area contributed by atoms with Gasteiger partial charge >= 0.3 is 0 Å². The first-order valence-corrected chi connectivity index (χ1v) is 7.33. The first-order valence-electron chi connectivity index (χ1n) is 7.33. The van der Waals surface area contributed by atoms with Gasteiger partial charge in [-0.3, -0.25) is 0 Å². The van der Waals surface area contributed by atoms with E-state index in [0.29, 0.717) is 22.9 Å². The predicted molar refractivity (Wildman–Crippen MR) is 81.2 cm³/mol. The van der Waals surface area contributed by atoms with E-state index in [-0.39, 0.29) is 0 Å². The second-order valence-electron chi connectivity index (χ2n) is 5.28. The normalized spacial score (nSPS) is 13.1. The maximum Gasteiger partial charge on any atom is 0.225 e. The van der Waals surface area contributed by atoms with E-state index in [4.69, 9.17) is 14.7 Å². The fraction of sp³-hybridized carbons (Fsp3) is 0.353. The van der Waals surface area contributed by atoms with Gasteiger partial charge in [-0.05, 0) is 44.7 Å². The van der Waals surface area contributed by atoms with E-state index in [2.05, 4.69) is 16.0 Å². The zero-order valence-electron chi connectivity index (χ0n) is 12.7. The van der Waals surface area contributed by atoms with Gasteiger partial charge in [-0.15, -0.1) is 0 Å². The molecule has 2 aromatic rings. The summed E-state index contributed by atoms with van der Waals surface area (Å²) in [5.74, 6) is 2.45. The average molecular weight is 295 g/mol. The number of nitriles is 1. The fourth-order valence-corrected chi connectivity index (χ4v) is 2.70. The molecule has 112 valence electrons. The molecule has 1 aromatic carbocycles. The summed E-state index contributed by atoms with van der Waals surface area (Å²) in [6, 6.07) is 7.25. The lowest BCUT2D eigenvalue weighted by atomic mass is 9.97. The first kappa shape index (κ1) is 14.3. The van der Waals surface area contributed by atoms with Crippen molar-refractivity contribution in [3.63, 3.8) is 0 Å². The standard InChI is InChI=1S/C17H17N3O2/c1-11-19-15-6-4-3-5-14(15)17(20-11)22-13-8-7-12(10-18)16(9-13)21-2/h7-9H,3-6H2,1-2H3. The Morgan fingerprint density at radius 2 is 2.00 bits per heavy atom. The number of aromatic nitrogens is 2.